The van der Waals surface area contributed by atoms with Crippen LogP contribution in [0.3, 0.4) is 0 Å². The van der Waals surface area contributed by atoms with E-state index in [1.807, 2.05) is 27.2 Å². The number of nitrogens with zero attached hydrogens (tertiary/aromatic N) is 1. The maximum atomic E-state index is 12.8. The van der Waals surface area contributed by atoms with Gasteiger partial charge in [0.1, 0.15) is 13.2 Å². The minimum Gasteiger partial charge on any atom is -0.387 e. The van der Waals surface area contributed by atoms with Gasteiger partial charge in [-0.2, -0.15) is 0 Å². The molecule has 294 valence electrons. The van der Waals surface area contributed by atoms with Crippen LogP contribution >= 0.6 is 7.82 Å². The standard InChI is InChI=1S/C41H79N2O6P/c1-6-8-10-12-14-16-18-20-21-23-25-27-29-31-33-35-41(45)42-39(38-49-50(46,47)48-37-36-43(3,4)5)40(44)34-32-30-28-26-24-22-19-17-15-13-11-9-7-2/h11,13,20-21,32,34,39-40,44H,6-10,12,14-19,22-31,33,35-38H2,1-5H3,(H-,42,45,46,47)/p+1/b13-11-,21-20-,34-32+/t39-,40+/m0/s1. The Balaban J connectivity index is 4.52. The third-order valence-electron chi connectivity index (χ3n) is 8.80. The molecule has 0 aromatic carbocycles. The lowest BCUT2D eigenvalue weighted by Crippen LogP contribution is -2.45. The number of unbranched alkanes of at least 4 members (excludes halogenated alkanes) is 19. The molecule has 1 amide bonds. The molecule has 0 rings (SSSR count). The Kier molecular flexibility index (Phi) is 32.7. The summed E-state index contributed by atoms with van der Waals surface area (Å²) in [6.07, 6.45) is 39.2. The Morgan fingerprint density at radius 1 is 0.660 bits per heavy atom. The topological polar surface area (TPSA) is 105 Å². The first-order chi connectivity index (χ1) is 24.0. The summed E-state index contributed by atoms with van der Waals surface area (Å²) in [5, 5.41) is 13.8. The lowest BCUT2D eigenvalue weighted by molar-refractivity contribution is -0.870. The van der Waals surface area contributed by atoms with Crippen molar-refractivity contribution in [3.8, 4) is 0 Å². The quantitative estimate of drug-likeness (QED) is 0.0257. The van der Waals surface area contributed by atoms with Crippen LogP contribution in [0, 0.1) is 0 Å². The van der Waals surface area contributed by atoms with E-state index in [0.717, 1.165) is 51.4 Å². The number of allylic oxidation sites excluding steroid dienone is 5. The molecule has 0 fully saturated rings. The maximum absolute atomic E-state index is 12.8. The molecule has 0 saturated carbocycles. The van der Waals surface area contributed by atoms with Crippen molar-refractivity contribution < 1.29 is 32.9 Å². The molecule has 0 aliphatic carbocycles. The molecule has 50 heavy (non-hydrogen) atoms. The largest absolute Gasteiger partial charge is 0.472 e. The van der Waals surface area contributed by atoms with Crippen LogP contribution in [0.25, 0.3) is 0 Å². The molecule has 0 aromatic heterocycles. The number of quaternary nitrogens is 1. The van der Waals surface area contributed by atoms with E-state index in [4.69, 9.17) is 9.05 Å². The molecule has 0 heterocycles. The number of rotatable bonds is 36. The van der Waals surface area contributed by atoms with E-state index in [2.05, 4.69) is 43.5 Å². The van der Waals surface area contributed by atoms with Crippen LogP contribution in [0.2, 0.25) is 0 Å². The van der Waals surface area contributed by atoms with Gasteiger partial charge in [0, 0.05) is 6.42 Å². The molecular formula is C41H80N2O6P+. The molecule has 0 saturated heterocycles. The average molecular weight is 728 g/mol. The summed E-state index contributed by atoms with van der Waals surface area (Å²) in [5.41, 5.74) is 0. The van der Waals surface area contributed by atoms with E-state index in [9.17, 15) is 19.4 Å². The van der Waals surface area contributed by atoms with Gasteiger partial charge in [0.05, 0.1) is 39.9 Å². The normalized spacial score (nSPS) is 14.9. The van der Waals surface area contributed by atoms with Crippen molar-refractivity contribution in [2.24, 2.45) is 0 Å². The van der Waals surface area contributed by atoms with Crippen molar-refractivity contribution in [2.75, 3.05) is 40.9 Å². The summed E-state index contributed by atoms with van der Waals surface area (Å²) >= 11 is 0. The van der Waals surface area contributed by atoms with Crippen molar-refractivity contribution >= 4 is 13.7 Å². The Morgan fingerprint density at radius 3 is 1.62 bits per heavy atom. The maximum Gasteiger partial charge on any atom is 0.472 e. The highest BCUT2D eigenvalue weighted by atomic mass is 31.2. The second-order valence-corrected chi connectivity index (χ2v) is 16.5. The highest BCUT2D eigenvalue weighted by Gasteiger charge is 2.27. The van der Waals surface area contributed by atoms with Crippen LogP contribution in [0.5, 0.6) is 0 Å². The van der Waals surface area contributed by atoms with Crippen LogP contribution in [-0.2, 0) is 18.4 Å². The van der Waals surface area contributed by atoms with Gasteiger partial charge in [0.25, 0.3) is 0 Å². The van der Waals surface area contributed by atoms with Crippen molar-refractivity contribution in [1.29, 1.82) is 0 Å². The van der Waals surface area contributed by atoms with Gasteiger partial charge in [0.2, 0.25) is 5.91 Å². The molecule has 0 aliphatic rings. The zero-order chi connectivity index (χ0) is 37.2. The Labute approximate surface area is 308 Å². The number of amides is 1. The molecule has 0 spiro atoms. The Morgan fingerprint density at radius 2 is 1.12 bits per heavy atom. The fourth-order valence-corrected chi connectivity index (χ4v) is 6.24. The van der Waals surface area contributed by atoms with Crippen molar-refractivity contribution in [1.82, 2.24) is 5.32 Å². The van der Waals surface area contributed by atoms with Gasteiger partial charge in [0.15, 0.2) is 0 Å². The van der Waals surface area contributed by atoms with E-state index in [1.54, 1.807) is 6.08 Å². The summed E-state index contributed by atoms with van der Waals surface area (Å²) in [7, 11) is 1.56. The highest BCUT2D eigenvalue weighted by Crippen LogP contribution is 2.43. The van der Waals surface area contributed by atoms with Gasteiger partial charge in [-0.3, -0.25) is 13.8 Å². The van der Waals surface area contributed by atoms with Gasteiger partial charge in [-0.25, -0.2) is 4.57 Å². The van der Waals surface area contributed by atoms with Gasteiger partial charge in [-0.15, -0.1) is 0 Å². The minimum absolute atomic E-state index is 0.0578. The van der Waals surface area contributed by atoms with E-state index in [0.29, 0.717) is 17.4 Å². The number of phosphoric ester groups is 1. The SMILES string of the molecule is CCC/C=C\CCCCCCCC/C=C/[C@@H](O)[C@H](COP(=O)(O)OCC[N+](C)(C)C)NC(=O)CCCCCCC/C=C\CCCCCCCC. The molecule has 3 atom stereocenters. The molecule has 1 unspecified atom stereocenters. The highest BCUT2D eigenvalue weighted by molar-refractivity contribution is 7.47. The fourth-order valence-electron chi connectivity index (χ4n) is 5.51. The van der Waals surface area contributed by atoms with Gasteiger partial charge >= 0.3 is 7.82 Å². The number of carbonyl (C=O) groups is 1. The zero-order valence-corrected chi connectivity index (χ0v) is 34.0. The van der Waals surface area contributed by atoms with E-state index in [-0.39, 0.29) is 19.1 Å². The molecule has 9 heteroatoms. The summed E-state index contributed by atoms with van der Waals surface area (Å²) < 4.78 is 23.5. The first kappa shape index (κ1) is 48.7. The van der Waals surface area contributed by atoms with E-state index >= 15 is 0 Å². The fraction of sp³-hybridized carbons (Fsp3) is 0.829. The number of nitrogens with one attached hydrogen (secondary N) is 1. The smallest absolute Gasteiger partial charge is 0.387 e. The van der Waals surface area contributed by atoms with Gasteiger partial charge in [-0.05, 0) is 64.2 Å². The van der Waals surface area contributed by atoms with Gasteiger partial charge in [-0.1, -0.05) is 134 Å². The number of hydrogen-bond donors (Lipinski definition) is 3. The molecule has 0 radical (unpaired) electrons. The summed E-state index contributed by atoms with van der Waals surface area (Å²) in [4.78, 5) is 23.0. The van der Waals surface area contributed by atoms with Crippen LogP contribution in [0.1, 0.15) is 168 Å². The second kappa shape index (κ2) is 33.5. The minimum atomic E-state index is -4.33. The molecule has 3 N–H and O–H groups in total. The van der Waals surface area contributed by atoms with Crippen molar-refractivity contribution in [3.05, 3.63) is 36.5 Å². The molecular weight excluding hydrogens is 647 g/mol. The number of carbonyl (C=O) groups excluding carboxylic acids is 1. The Hall–Kier alpha value is -1.28. The first-order valence-corrected chi connectivity index (χ1v) is 21.9. The van der Waals surface area contributed by atoms with Crippen LogP contribution in [0.15, 0.2) is 36.5 Å². The van der Waals surface area contributed by atoms with Crippen LogP contribution in [-0.4, -0.2) is 73.4 Å². The summed E-state index contributed by atoms with van der Waals surface area (Å²) in [6, 6.07) is -0.851. The van der Waals surface area contributed by atoms with Crippen LogP contribution in [0.4, 0.5) is 0 Å². The van der Waals surface area contributed by atoms with E-state index < -0.39 is 20.0 Å². The number of aliphatic hydroxyl groups is 1. The zero-order valence-electron chi connectivity index (χ0n) is 33.1. The predicted molar refractivity (Wildman–Crippen MR) is 212 cm³/mol. The number of phosphoric acid groups is 1. The van der Waals surface area contributed by atoms with Crippen molar-refractivity contribution in [2.45, 2.75) is 180 Å². The second-order valence-electron chi connectivity index (χ2n) is 15.0. The lowest BCUT2D eigenvalue weighted by atomic mass is 10.1. The molecule has 8 nitrogen and oxygen atoms in total. The summed E-state index contributed by atoms with van der Waals surface area (Å²) in [6.45, 7) is 4.72. The lowest BCUT2D eigenvalue weighted by Gasteiger charge is -2.25. The number of hydrogen-bond acceptors (Lipinski definition) is 5. The monoisotopic (exact) mass is 728 g/mol. The number of aliphatic hydroxyl groups excluding tert-OH is 1. The molecule has 0 bridgehead atoms. The third kappa shape index (κ3) is 35.1. The third-order valence-corrected chi connectivity index (χ3v) is 9.79. The molecule has 0 aromatic rings. The Bertz CT molecular complexity index is 917. The first-order valence-electron chi connectivity index (χ1n) is 20.4. The predicted octanol–water partition coefficient (Wildman–Crippen LogP) is 10.7. The van der Waals surface area contributed by atoms with Crippen LogP contribution < -0.4 is 5.32 Å². The average Bonchev–Trinajstić information content (AvgIpc) is 3.06. The van der Waals surface area contributed by atoms with Gasteiger partial charge < -0.3 is 19.8 Å². The summed E-state index contributed by atoms with van der Waals surface area (Å²) in [5.74, 6) is -0.191. The van der Waals surface area contributed by atoms with E-state index in [1.165, 1.54) is 96.3 Å². The van der Waals surface area contributed by atoms with Crippen molar-refractivity contribution in [3.63, 3.8) is 0 Å². The molecule has 0 aliphatic heterocycles. The number of likely N-dealkylation sites (N-methyl/N-ethyl adjacent to an activating group) is 1.